The predicted molar refractivity (Wildman–Crippen MR) is 66.8 cm³/mol. The lowest BCUT2D eigenvalue weighted by molar-refractivity contribution is 0.797. The summed E-state index contributed by atoms with van der Waals surface area (Å²) in [5.41, 5.74) is 2.74. The number of hydrogen-bond acceptors (Lipinski definition) is 3. The van der Waals surface area contributed by atoms with E-state index in [9.17, 15) is 0 Å². The highest BCUT2D eigenvalue weighted by atomic mass is 35.5. The minimum absolute atomic E-state index is 0.384. The largest absolute Gasteiger partial charge is 0.266 e. The van der Waals surface area contributed by atoms with Gasteiger partial charge in [-0.05, 0) is 0 Å². The number of nitrogens with zero attached hydrogens (tertiary/aromatic N) is 4. The molecule has 3 aromatic rings. The summed E-state index contributed by atoms with van der Waals surface area (Å²) in [5, 5.41) is 13.4. The highest BCUT2D eigenvalue weighted by Gasteiger charge is 2.14. The molecular formula is C12H9ClN4. The molecule has 0 radical (unpaired) electrons. The van der Waals surface area contributed by atoms with Crippen molar-refractivity contribution in [1.29, 1.82) is 0 Å². The van der Waals surface area contributed by atoms with Gasteiger partial charge in [0, 0.05) is 12.6 Å². The highest BCUT2D eigenvalue weighted by Crippen LogP contribution is 2.30. The summed E-state index contributed by atoms with van der Waals surface area (Å²) < 4.78 is 1.76. The first-order valence-electron chi connectivity index (χ1n) is 5.16. The van der Waals surface area contributed by atoms with Gasteiger partial charge in [0.15, 0.2) is 5.15 Å². The Morgan fingerprint density at radius 1 is 1.18 bits per heavy atom. The number of halogens is 1. The van der Waals surface area contributed by atoms with E-state index >= 15 is 0 Å². The number of fused-ring (bicyclic) bond motifs is 1. The fraction of sp³-hybridized carbons (Fsp3) is 0.0833. The molecule has 5 heteroatoms. The maximum Gasteiger partial charge on any atom is 0.163 e. The van der Waals surface area contributed by atoms with Gasteiger partial charge in [-0.15, -0.1) is 5.10 Å². The number of hydrogen-bond donors (Lipinski definition) is 0. The molecule has 2 heterocycles. The Morgan fingerprint density at radius 3 is 2.71 bits per heavy atom. The normalized spacial score (nSPS) is 10.9. The van der Waals surface area contributed by atoms with E-state index < -0.39 is 0 Å². The lowest BCUT2D eigenvalue weighted by atomic mass is 10.1. The van der Waals surface area contributed by atoms with Gasteiger partial charge in [-0.1, -0.05) is 41.9 Å². The maximum atomic E-state index is 6.10. The van der Waals surface area contributed by atoms with Crippen molar-refractivity contribution in [3.05, 3.63) is 41.7 Å². The fourth-order valence-electron chi connectivity index (χ4n) is 1.87. The van der Waals surface area contributed by atoms with Crippen molar-refractivity contribution in [2.24, 2.45) is 7.05 Å². The van der Waals surface area contributed by atoms with E-state index in [0.29, 0.717) is 5.15 Å². The molecule has 0 spiro atoms. The Labute approximate surface area is 103 Å². The van der Waals surface area contributed by atoms with Crippen LogP contribution in [0.25, 0.3) is 22.2 Å². The third-order valence-electron chi connectivity index (χ3n) is 2.67. The average Bonchev–Trinajstić information content (AvgIpc) is 2.70. The second-order valence-electron chi connectivity index (χ2n) is 3.73. The van der Waals surface area contributed by atoms with Crippen LogP contribution in [0.15, 0.2) is 36.5 Å². The van der Waals surface area contributed by atoms with Crippen LogP contribution in [-0.2, 0) is 7.05 Å². The van der Waals surface area contributed by atoms with Crippen molar-refractivity contribution in [1.82, 2.24) is 20.0 Å². The lowest BCUT2D eigenvalue weighted by Crippen LogP contribution is -1.90. The molecule has 2 aromatic heterocycles. The van der Waals surface area contributed by atoms with Gasteiger partial charge in [0.05, 0.1) is 17.1 Å². The molecule has 0 N–H and O–H groups in total. The van der Waals surface area contributed by atoms with Crippen LogP contribution in [0.3, 0.4) is 0 Å². The molecule has 0 aliphatic rings. The van der Waals surface area contributed by atoms with Crippen LogP contribution in [0.4, 0.5) is 0 Å². The molecule has 0 saturated heterocycles. The molecule has 0 unspecified atom stereocenters. The van der Waals surface area contributed by atoms with Crippen LogP contribution in [0.5, 0.6) is 0 Å². The third kappa shape index (κ3) is 1.57. The monoisotopic (exact) mass is 244 g/mol. The van der Waals surface area contributed by atoms with E-state index in [1.165, 1.54) is 0 Å². The molecule has 3 rings (SSSR count). The molecule has 0 bridgehead atoms. The van der Waals surface area contributed by atoms with Crippen LogP contribution in [0, 0.1) is 0 Å². The summed E-state index contributed by atoms with van der Waals surface area (Å²) in [7, 11) is 1.87. The van der Waals surface area contributed by atoms with Gasteiger partial charge in [0.2, 0.25) is 0 Å². The maximum absolute atomic E-state index is 6.10. The van der Waals surface area contributed by atoms with E-state index in [1.54, 1.807) is 10.9 Å². The van der Waals surface area contributed by atoms with Crippen molar-refractivity contribution in [3.63, 3.8) is 0 Å². The summed E-state index contributed by atoms with van der Waals surface area (Å²) in [5.74, 6) is 0. The summed E-state index contributed by atoms with van der Waals surface area (Å²) in [4.78, 5) is 0. The van der Waals surface area contributed by atoms with Crippen molar-refractivity contribution in [2.45, 2.75) is 0 Å². The molecule has 0 aliphatic carbocycles. The zero-order chi connectivity index (χ0) is 11.8. The summed E-state index contributed by atoms with van der Waals surface area (Å²) in [6, 6.07) is 9.91. The molecule has 0 amide bonds. The van der Waals surface area contributed by atoms with Crippen LogP contribution in [0.2, 0.25) is 5.15 Å². The van der Waals surface area contributed by atoms with E-state index in [2.05, 4.69) is 15.3 Å². The molecule has 17 heavy (non-hydrogen) atoms. The van der Waals surface area contributed by atoms with Crippen molar-refractivity contribution >= 4 is 22.5 Å². The Balaban J connectivity index is 2.38. The van der Waals surface area contributed by atoms with Crippen LogP contribution in [-0.4, -0.2) is 20.0 Å². The van der Waals surface area contributed by atoms with Crippen LogP contribution < -0.4 is 0 Å². The van der Waals surface area contributed by atoms with Crippen molar-refractivity contribution in [2.75, 3.05) is 0 Å². The fourth-order valence-corrected chi connectivity index (χ4v) is 2.10. The van der Waals surface area contributed by atoms with Gasteiger partial charge in [-0.3, -0.25) is 4.68 Å². The zero-order valence-corrected chi connectivity index (χ0v) is 9.89. The highest BCUT2D eigenvalue weighted by molar-refractivity contribution is 6.35. The van der Waals surface area contributed by atoms with Gasteiger partial charge in [0.1, 0.15) is 5.69 Å². The second-order valence-corrected chi connectivity index (χ2v) is 4.09. The number of aryl methyl sites for hydroxylation is 1. The average molecular weight is 245 g/mol. The molecule has 1 aromatic carbocycles. The van der Waals surface area contributed by atoms with E-state index in [-0.39, 0.29) is 0 Å². The summed E-state index contributed by atoms with van der Waals surface area (Å²) in [6.07, 6.45) is 1.67. The van der Waals surface area contributed by atoms with Crippen LogP contribution >= 0.6 is 11.6 Å². The summed E-state index contributed by atoms with van der Waals surface area (Å²) >= 11 is 6.10. The van der Waals surface area contributed by atoms with E-state index in [1.807, 2.05) is 37.4 Å². The van der Waals surface area contributed by atoms with Crippen molar-refractivity contribution in [3.8, 4) is 11.3 Å². The molecule has 4 nitrogen and oxygen atoms in total. The standard InChI is InChI=1S/C12H9ClN4/c1-17-9-7-14-15-12(13)10(9)11(16-17)8-5-3-2-4-6-8/h2-7H,1H3. The molecule has 0 aliphatic heterocycles. The zero-order valence-electron chi connectivity index (χ0n) is 9.13. The van der Waals surface area contributed by atoms with Crippen molar-refractivity contribution < 1.29 is 0 Å². The Kier molecular flexibility index (Phi) is 2.30. The van der Waals surface area contributed by atoms with Gasteiger partial charge < -0.3 is 0 Å². The molecule has 84 valence electrons. The van der Waals surface area contributed by atoms with E-state index in [0.717, 1.165) is 22.2 Å². The van der Waals surface area contributed by atoms with Gasteiger partial charge in [-0.25, -0.2) is 0 Å². The quantitative estimate of drug-likeness (QED) is 0.661. The predicted octanol–water partition coefficient (Wildman–Crippen LogP) is 2.68. The van der Waals surface area contributed by atoms with Gasteiger partial charge >= 0.3 is 0 Å². The smallest absolute Gasteiger partial charge is 0.163 e. The Bertz CT molecular complexity index is 676. The van der Waals surface area contributed by atoms with Gasteiger partial charge in [-0.2, -0.15) is 10.2 Å². The van der Waals surface area contributed by atoms with Gasteiger partial charge in [0.25, 0.3) is 0 Å². The lowest BCUT2D eigenvalue weighted by Gasteiger charge is -1.97. The number of aromatic nitrogens is 4. The Hall–Kier alpha value is -1.94. The minimum atomic E-state index is 0.384. The molecule has 0 atom stereocenters. The van der Waals surface area contributed by atoms with Crippen LogP contribution in [0.1, 0.15) is 0 Å². The molecular weight excluding hydrogens is 236 g/mol. The molecule has 0 fully saturated rings. The number of rotatable bonds is 1. The summed E-state index contributed by atoms with van der Waals surface area (Å²) in [6.45, 7) is 0. The second kappa shape index (κ2) is 3.82. The third-order valence-corrected chi connectivity index (χ3v) is 2.94. The first-order chi connectivity index (χ1) is 8.27. The first kappa shape index (κ1) is 10.2. The first-order valence-corrected chi connectivity index (χ1v) is 5.54. The minimum Gasteiger partial charge on any atom is -0.266 e. The van der Waals surface area contributed by atoms with E-state index in [4.69, 9.17) is 11.6 Å². The molecule has 0 saturated carbocycles. The SMILES string of the molecule is Cn1nc(-c2ccccc2)c2c(Cl)nncc21. The Morgan fingerprint density at radius 2 is 1.94 bits per heavy atom. The number of benzene rings is 1. The topological polar surface area (TPSA) is 43.6 Å².